The molecule has 5 nitrogen and oxygen atoms in total. The maximum atomic E-state index is 14.3. The van der Waals surface area contributed by atoms with Crippen molar-refractivity contribution >= 4 is 5.69 Å². The summed E-state index contributed by atoms with van der Waals surface area (Å²) in [5, 5.41) is 19.4. The van der Waals surface area contributed by atoms with Gasteiger partial charge in [0.2, 0.25) is 0 Å². The van der Waals surface area contributed by atoms with E-state index in [1.165, 1.54) is 19.1 Å². The van der Waals surface area contributed by atoms with Crippen LogP contribution in [-0.4, -0.2) is 25.9 Å². The van der Waals surface area contributed by atoms with Crippen LogP contribution in [0.2, 0.25) is 0 Å². The summed E-state index contributed by atoms with van der Waals surface area (Å²) in [4.78, 5) is 1.39. The van der Waals surface area contributed by atoms with Gasteiger partial charge in [-0.15, -0.1) is 0 Å². The molecule has 1 heterocycles. The highest BCUT2D eigenvalue weighted by atomic mass is 19.1. The van der Waals surface area contributed by atoms with Crippen molar-refractivity contribution < 1.29 is 23.4 Å². The molecule has 1 aliphatic heterocycles. The summed E-state index contributed by atoms with van der Waals surface area (Å²) in [6.45, 7) is 0.114. The lowest BCUT2D eigenvalue weighted by Gasteiger charge is -2.35. The number of hydrogen-bond acceptors (Lipinski definition) is 5. The van der Waals surface area contributed by atoms with Gasteiger partial charge < -0.3 is 19.5 Å². The summed E-state index contributed by atoms with van der Waals surface area (Å²) in [5.41, 5.74) is 0.765. The molecule has 0 radical (unpaired) electrons. The Bertz CT molecular complexity index is 841. The number of aliphatic hydroxyl groups excluding tert-OH is 1. The van der Waals surface area contributed by atoms with Gasteiger partial charge in [-0.25, -0.2) is 8.78 Å². The van der Waals surface area contributed by atoms with Crippen LogP contribution in [0.15, 0.2) is 24.3 Å². The second-order valence-corrected chi connectivity index (χ2v) is 5.66. The lowest BCUT2D eigenvalue weighted by Crippen LogP contribution is -2.35. The van der Waals surface area contributed by atoms with E-state index in [9.17, 15) is 13.9 Å². The first-order chi connectivity index (χ1) is 12.0. The fourth-order valence-corrected chi connectivity index (χ4v) is 3.18. The zero-order chi connectivity index (χ0) is 18.1. The van der Waals surface area contributed by atoms with Crippen molar-refractivity contribution in [2.45, 2.75) is 12.6 Å². The van der Waals surface area contributed by atoms with Crippen LogP contribution < -0.4 is 14.4 Å². The predicted molar refractivity (Wildman–Crippen MR) is 86.6 cm³/mol. The zero-order valence-corrected chi connectivity index (χ0v) is 13.7. The molecule has 7 heteroatoms. The standard InChI is InChI=1S/C18H16F2N2O3/c1-24-15-3-4-16(25-2)17-11(15)8-22(9-14(17)23)18-12(19)5-10(7-21)6-13(18)20/h3-6,14,23H,8-9H2,1-2H3. The highest BCUT2D eigenvalue weighted by Gasteiger charge is 2.32. The summed E-state index contributed by atoms with van der Waals surface area (Å²) >= 11 is 0. The number of anilines is 1. The van der Waals surface area contributed by atoms with E-state index in [1.54, 1.807) is 18.2 Å². The topological polar surface area (TPSA) is 65.7 Å². The Morgan fingerprint density at radius 1 is 1.16 bits per heavy atom. The Morgan fingerprint density at radius 2 is 1.76 bits per heavy atom. The fourth-order valence-electron chi connectivity index (χ4n) is 3.18. The number of benzene rings is 2. The number of halogens is 2. The molecule has 1 atom stereocenters. The van der Waals surface area contributed by atoms with Gasteiger partial charge in [-0.05, 0) is 24.3 Å². The molecule has 1 N–H and O–H groups in total. The molecule has 25 heavy (non-hydrogen) atoms. The average Bonchev–Trinajstić information content (AvgIpc) is 2.60. The van der Waals surface area contributed by atoms with Crippen LogP contribution in [0.25, 0.3) is 0 Å². The third kappa shape index (κ3) is 2.85. The average molecular weight is 346 g/mol. The van der Waals surface area contributed by atoms with E-state index in [0.717, 1.165) is 12.1 Å². The minimum absolute atomic E-state index is 0.0176. The first kappa shape index (κ1) is 17.0. The molecule has 1 unspecified atom stereocenters. The van der Waals surface area contributed by atoms with E-state index in [2.05, 4.69) is 0 Å². The minimum Gasteiger partial charge on any atom is -0.496 e. The maximum absolute atomic E-state index is 14.3. The molecule has 2 aromatic carbocycles. The summed E-state index contributed by atoms with van der Waals surface area (Å²) in [6, 6.07) is 7.02. The molecule has 2 aromatic rings. The number of hydrogen-bond donors (Lipinski definition) is 1. The molecule has 0 fully saturated rings. The van der Waals surface area contributed by atoms with E-state index in [0.29, 0.717) is 22.6 Å². The normalized spacial score (nSPS) is 16.2. The molecule has 0 spiro atoms. The third-order valence-corrected chi connectivity index (χ3v) is 4.25. The minimum atomic E-state index is -1.01. The molecule has 1 aliphatic rings. The van der Waals surface area contributed by atoms with Gasteiger partial charge in [0.1, 0.15) is 23.3 Å². The van der Waals surface area contributed by atoms with Crippen LogP contribution in [0.3, 0.4) is 0 Å². The lowest BCUT2D eigenvalue weighted by molar-refractivity contribution is 0.169. The van der Waals surface area contributed by atoms with Gasteiger partial charge in [-0.3, -0.25) is 0 Å². The van der Waals surface area contributed by atoms with Gasteiger partial charge in [0, 0.05) is 24.2 Å². The van der Waals surface area contributed by atoms with Crippen molar-refractivity contribution in [3.63, 3.8) is 0 Å². The molecule has 0 aliphatic carbocycles. The molecule has 3 rings (SSSR count). The van der Waals surface area contributed by atoms with Crippen LogP contribution in [0.5, 0.6) is 11.5 Å². The number of rotatable bonds is 3. The molecule has 0 bridgehead atoms. The Labute approximate surface area is 143 Å². The smallest absolute Gasteiger partial charge is 0.150 e. The molecule has 0 aromatic heterocycles. The van der Waals surface area contributed by atoms with Gasteiger partial charge in [0.05, 0.1) is 25.9 Å². The number of β-amino-alcohol motifs (C(OH)–C–C–N with tert-alkyl or cyclic N) is 1. The Morgan fingerprint density at radius 3 is 2.32 bits per heavy atom. The first-order valence-electron chi connectivity index (χ1n) is 7.56. The molecule has 0 saturated carbocycles. The predicted octanol–water partition coefficient (Wildman–Crippen LogP) is 2.91. The first-order valence-corrected chi connectivity index (χ1v) is 7.56. The Balaban J connectivity index is 2.10. The van der Waals surface area contributed by atoms with E-state index in [1.807, 2.05) is 0 Å². The molecule has 0 saturated heterocycles. The Kier molecular flexibility index (Phi) is 4.47. The summed E-state index contributed by atoms with van der Waals surface area (Å²) < 4.78 is 39.3. The van der Waals surface area contributed by atoms with Crippen molar-refractivity contribution in [1.82, 2.24) is 0 Å². The monoisotopic (exact) mass is 346 g/mol. The van der Waals surface area contributed by atoms with Crippen molar-refractivity contribution in [2.24, 2.45) is 0 Å². The maximum Gasteiger partial charge on any atom is 0.150 e. The summed E-state index contributed by atoms with van der Waals surface area (Å²) in [5.74, 6) is -0.721. The van der Waals surface area contributed by atoms with Gasteiger partial charge in [0.15, 0.2) is 11.6 Å². The second kappa shape index (κ2) is 6.57. The van der Waals surface area contributed by atoms with E-state index < -0.39 is 17.7 Å². The molecular formula is C18H16F2N2O3. The SMILES string of the molecule is COc1ccc(OC)c2c1CN(c1c(F)cc(C#N)cc1F)CC2O. The number of nitrogens with zero attached hydrogens (tertiary/aromatic N) is 2. The van der Waals surface area contributed by atoms with Gasteiger partial charge in [-0.1, -0.05) is 0 Å². The van der Waals surface area contributed by atoms with Crippen molar-refractivity contribution in [1.29, 1.82) is 5.26 Å². The number of methoxy groups -OCH3 is 2. The summed E-state index contributed by atoms with van der Waals surface area (Å²) in [6.07, 6.45) is -1.01. The van der Waals surface area contributed by atoms with E-state index in [-0.39, 0.29) is 24.3 Å². The summed E-state index contributed by atoms with van der Waals surface area (Å²) in [7, 11) is 2.97. The third-order valence-electron chi connectivity index (χ3n) is 4.25. The number of ether oxygens (including phenoxy) is 2. The lowest BCUT2D eigenvalue weighted by atomic mass is 9.94. The number of fused-ring (bicyclic) bond motifs is 1. The van der Waals surface area contributed by atoms with E-state index in [4.69, 9.17) is 14.7 Å². The van der Waals surface area contributed by atoms with E-state index >= 15 is 0 Å². The van der Waals surface area contributed by atoms with Gasteiger partial charge in [0.25, 0.3) is 0 Å². The molecule has 130 valence electrons. The van der Waals surface area contributed by atoms with Crippen molar-refractivity contribution in [3.05, 3.63) is 52.6 Å². The second-order valence-electron chi connectivity index (χ2n) is 5.66. The van der Waals surface area contributed by atoms with Crippen molar-refractivity contribution in [2.75, 3.05) is 25.7 Å². The van der Waals surface area contributed by atoms with Gasteiger partial charge >= 0.3 is 0 Å². The van der Waals surface area contributed by atoms with Crippen molar-refractivity contribution in [3.8, 4) is 17.6 Å². The molecular weight excluding hydrogens is 330 g/mol. The van der Waals surface area contributed by atoms with Crippen LogP contribution in [0.1, 0.15) is 22.8 Å². The van der Waals surface area contributed by atoms with Gasteiger partial charge in [-0.2, -0.15) is 5.26 Å². The fraction of sp³-hybridized carbons (Fsp3) is 0.278. The zero-order valence-electron chi connectivity index (χ0n) is 13.7. The highest BCUT2D eigenvalue weighted by molar-refractivity contribution is 5.59. The number of nitriles is 1. The molecule has 0 amide bonds. The number of aliphatic hydroxyl groups is 1. The van der Waals surface area contributed by atoms with Crippen LogP contribution in [-0.2, 0) is 6.54 Å². The quantitative estimate of drug-likeness (QED) is 0.926. The highest BCUT2D eigenvalue weighted by Crippen LogP contribution is 2.41. The largest absolute Gasteiger partial charge is 0.496 e. The van der Waals surface area contributed by atoms with Crippen LogP contribution in [0.4, 0.5) is 14.5 Å². The van der Waals surface area contributed by atoms with Crippen LogP contribution in [0, 0.1) is 23.0 Å². The van der Waals surface area contributed by atoms with Crippen LogP contribution >= 0.6 is 0 Å². The Hall–Kier alpha value is -2.85.